The van der Waals surface area contributed by atoms with Crippen LogP contribution >= 0.6 is 0 Å². The standard InChI is InChI=1S/C10H10F2N2.C7H5F3O3S/c11-6-2-1-3-7(12)10(6)8-4-5-9(13)14-8;8-7(9,10)14(11,12)13-6-4-2-1-3-5-6/h1-3,9H,4-5,13H2;1-5H. The molecule has 1 atom stereocenters. The highest BCUT2D eigenvalue weighted by Crippen LogP contribution is 2.26. The van der Waals surface area contributed by atoms with E-state index in [2.05, 4.69) is 9.18 Å². The van der Waals surface area contributed by atoms with Crippen molar-refractivity contribution < 1.29 is 34.6 Å². The van der Waals surface area contributed by atoms with E-state index in [4.69, 9.17) is 5.73 Å². The average Bonchev–Trinajstić information content (AvgIpc) is 3.01. The van der Waals surface area contributed by atoms with Crippen molar-refractivity contribution in [1.82, 2.24) is 0 Å². The Balaban J connectivity index is 0.000000200. The van der Waals surface area contributed by atoms with E-state index in [1.165, 1.54) is 36.4 Å². The van der Waals surface area contributed by atoms with Crippen LogP contribution in [-0.2, 0) is 10.1 Å². The minimum absolute atomic E-state index is 0.0274. The smallest absolute Gasteiger partial charge is 0.376 e. The first-order valence-electron chi connectivity index (χ1n) is 7.83. The molecule has 0 saturated heterocycles. The summed E-state index contributed by atoms with van der Waals surface area (Å²) in [5, 5.41) is 0. The Hall–Kier alpha value is -2.53. The monoisotopic (exact) mass is 422 g/mol. The fourth-order valence-electron chi connectivity index (χ4n) is 2.23. The number of hydrogen-bond donors (Lipinski definition) is 1. The Kier molecular flexibility index (Phi) is 6.73. The molecule has 0 amide bonds. The van der Waals surface area contributed by atoms with Gasteiger partial charge in [-0.05, 0) is 37.1 Å². The predicted molar refractivity (Wildman–Crippen MR) is 92.1 cm³/mol. The highest BCUT2D eigenvalue weighted by atomic mass is 32.2. The van der Waals surface area contributed by atoms with Crippen LogP contribution in [0.25, 0.3) is 0 Å². The number of nitrogens with two attached hydrogens (primary N) is 1. The quantitative estimate of drug-likeness (QED) is 0.464. The Labute approximate surface area is 157 Å². The molecule has 2 aromatic rings. The molecule has 0 saturated carbocycles. The van der Waals surface area contributed by atoms with Gasteiger partial charge in [0, 0.05) is 5.71 Å². The molecular weight excluding hydrogens is 407 g/mol. The summed E-state index contributed by atoms with van der Waals surface area (Å²) in [6, 6.07) is 10.3. The van der Waals surface area contributed by atoms with Gasteiger partial charge in [0.05, 0.1) is 11.7 Å². The molecule has 5 nitrogen and oxygen atoms in total. The van der Waals surface area contributed by atoms with Gasteiger partial charge in [0.1, 0.15) is 17.4 Å². The first kappa shape index (κ1) is 21.8. The Morgan fingerprint density at radius 1 is 1.00 bits per heavy atom. The predicted octanol–water partition coefficient (Wildman–Crippen LogP) is 3.75. The lowest BCUT2D eigenvalue weighted by atomic mass is 10.1. The molecule has 0 bridgehead atoms. The molecule has 1 unspecified atom stereocenters. The average molecular weight is 422 g/mol. The molecular formula is C17H15F5N2O3S. The van der Waals surface area contributed by atoms with Crippen LogP contribution in [0.5, 0.6) is 5.75 Å². The van der Waals surface area contributed by atoms with Gasteiger partial charge in [0.25, 0.3) is 0 Å². The Morgan fingerprint density at radius 2 is 1.57 bits per heavy atom. The topological polar surface area (TPSA) is 81.8 Å². The number of benzene rings is 2. The molecule has 0 aliphatic carbocycles. The summed E-state index contributed by atoms with van der Waals surface area (Å²) < 4.78 is 86.7. The summed E-state index contributed by atoms with van der Waals surface area (Å²) in [4.78, 5) is 3.99. The van der Waals surface area contributed by atoms with Crippen LogP contribution in [-0.4, -0.2) is 25.8 Å². The summed E-state index contributed by atoms with van der Waals surface area (Å²) in [7, 11) is -5.55. The van der Waals surface area contributed by atoms with Gasteiger partial charge in [0.15, 0.2) is 0 Å². The van der Waals surface area contributed by atoms with Crippen molar-refractivity contribution in [2.45, 2.75) is 24.5 Å². The SMILES string of the molecule is NC1CCC(c2c(F)cccc2F)=N1.O=S(=O)(Oc1ccccc1)C(F)(F)F. The summed E-state index contributed by atoms with van der Waals surface area (Å²) in [5.74, 6) is -1.51. The zero-order valence-electron chi connectivity index (χ0n) is 14.2. The maximum atomic E-state index is 13.3. The largest absolute Gasteiger partial charge is 0.534 e. The maximum Gasteiger partial charge on any atom is 0.534 e. The molecule has 0 radical (unpaired) electrons. The van der Waals surface area contributed by atoms with Crippen LogP contribution in [0.4, 0.5) is 22.0 Å². The molecule has 0 spiro atoms. The maximum absolute atomic E-state index is 13.3. The fraction of sp³-hybridized carbons (Fsp3) is 0.235. The molecule has 0 aromatic heterocycles. The zero-order valence-corrected chi connectivity index (χ0v) is 15.0. The van der Waals surface area contributed by atoms with Gasteiger partial charge < -0.3 is 9.92 Å². The summed E-state index contributed by atoms with van der Waals surface area (Å²) in [6.07, 6.45) is 0.881. The van der Waals surface area contributed by atoms with Gasteiger partial charge in [-0.25, -0.2) is 8.78 Å². The normalized spacial score (nSPS) is 16.8. The second-order valence-electron chi connectivity index (χ2n) is 5.57. The van der Waals surface area contributed by atoms with E-state index in [9.17, 15) is 30.4 Å². The zero-order chi connectivity index (χ0) is 20.9. The lowest BCUT2D eigenvalue weighted by molar-refractivity contribution is -0.0500. The van der Waals surface area contributed by atoms with E-state index in [-0.39, 0.29) is 17.5 Å². The van der Waals surface area contributed by atoms with Crippen LogP contribution in [0.15, 0.2) is 53.5 Å². The fourth-order valence-corrected chi connectivity index (χ4v) is 2.69. The van der Waals surface area contributed by atoms with Crippen LogP contribution in [0.1, 0.15) is 18.4 Å². The highest BCUT2D eigenvalue weighted by Gasteiger charge is 2.48. The first-order valence-corrected chi connectivity index (χ1v) is 9.24. The third-order valence-corrected chi connectivity index (χ3v) is 4.46. The second kappa shape index (κ2) is 8.65. The highest BCUT2D eigenvalue weighted by molar-refractivity contribution is 7.88. The van der Waals surface area contributed by atoms with Gasteiger partial charge in [0.2, 0.25) is 0 Å². The Morgan fingerprint density at radius 3 is 2.04 bits per heavy atom. The van der Waals surface area contributed by atoms with Crippen molar-refractivity contribution in [3.63, 3.8) is 0 Å². The summed E-state index contributed by atoms with van der Waals surface area (Å²) in [5.41, 5.74) is 0.541. The number of hydrogen-bond acceptors (Lipinski definition) is 5. The molecule has 3 rings (SSSR count). The van der Waals surface area contributed by atoms with Gasteiger partial charge >= 0.3 is 15.6 Å². The molecule has 0 fully saturated rings. The third kappa shape index (κ3) is 5.49. The molecule has 152 valence electrons. The number of nitrogens with zero attached hydrogens (tertiary/aromatic N) is 1. The van der Waals surface area contributed by atoms with E-state index in [1.807, 2.05) is 0 Å². The number of aliphatic imine (C=N–C) groups is 1. The lowest BCUT2D eigenvalue weighted by Gasteiger charge is -2.08. The van der Waals surface area contributed by atoms with Crippen molar-refractivity contribution in [3.8, 4) is 5.75 Å². The van der Waals surface area contributed by atoms with Crippen LogP contribution in [0.3, 0.4) is 0 Å². The lowest BCUT2D eigenvalue weighted by Crippen LogP contribution is -2.27. The molecule has 2 aromatic carbocycles. The van der Waals surface area contributed by atoms with Gasteiger partial charge in [-0.3, -0.25) is 4.99 Å². The third-order valence-electron chi connectivity index (χ3n) is 3.48. The Bertz CT molecular complexity index is 927. The number of alkyl halides is 3. The van der Waals surface area contributed by atoms with E-state index in [0.717, 1.165) is 12.1 Å². The van der Waals surface area contributed by atoms with Crippen LogP contribution in [0.2, 0.25) is 0 Å². The van der Waals surface area contributed by atoms with Crippen LogP contribution in [0, 0.1) is 11.6 Å². The molecule has 1 heterocycles. The molecule has 1 aliphatic rings. The number of halogens is 5. The van der Waals surface area contributed by atoms with E-state index in [1.54, 1.807) is 0 Å². The first-order chi connectivity index (χ1) is 13.0. The molecule has 1 aliphatic heterocycles. The molecule has 28 heavy (non-hydrogen) atoms. The van der Waals surface area contributed by atoms with E-state index >= 15 is 0 Å². The van der Waals surface area contributed by atoms with Gasteiger partial charge in [-0.15, -0.1) is 0 Å². The van der Waals surface area contributed by atoms with Gasteiger partial charge in [-0.1, -0.05) is 24.3 Å². The minimum Gasteiger partial charge on any atom is -0.376 e. The van der Waals surface area contributed by atoms with Crippen molar-refractivity contribution >= 4 is 15.8 Å². The second-order valence-corrected chi connectivity index (χ2v) is 7.11. The van der Waals surface area contributed by atoms with Gasteiger partial charge in [-0.2, -0.15) is 21.6 Å². The van der Waals surface area contributed by atoms with E-state index in [0.29, 0.717) is 18.6 Å². The van der Waals surface area contributed by atoms with Crippen molar-refractivity contribution in [3.05, 3.63) is 65.7 Å². The summed E-state index contributed by atoms with van der Waals surface area (Å²) in [6.45, 7) is 0. The molecule has 2 N–H and O–H groups in total. The van der Waals surface area contributed by atoms with Crippen molar-refractivity contribution in [2.75, 3.05) is 0 Å². The van der Waals surface area contributed by atoms with E-state index < -0.39 is 27.3 Å². The summed E-state index contributed by atoms with van der Waals surface area (Å²) >= 11 is 0. The minimum atomic E-state index is -5.55. The van der Waals surface area contributed by atoms with Crippen molar-refractivity contribution in [1.29, 1.82) is 0 Å². The van der Waals surface area contributed by atoms with Crippen LogP contribution < -0.4 is 9.92 Å². The van der Waals surface area contributed by atoms with Crippen molar-refractivity contribution in [2.24, 2.45) is 10.7 Å². The number of para-hydroxylation sites is 1. The number of rotatable bonds is 3. The molecule has 11 heteroatoms.